The van der Waals surface area contributed by atoms with Gasteiger partial charge in [-0.15, -0.1) is 0 Å². The van der Waals surface area contributed by atoms with E-state index in [-0.39, 0.29) is 6.10 Å². The predicted octanol–water partition coefficient (Wildman–Crippen LogP) is 2.20. The lowest BCUT2D eigenvalue weighted by molar-refractivity contribution is -0.139. The highest BCUT2D eigenvalue weighted by Crippen LogP contribution is 2.19. The quantitative estimate of drug-likeness (QED) is 0.855. The van der Waals surface area contributed by atoms with E-state index >= 15 is 0 Å². The summed E-state index contributed by atoms with van der Waals surface area (Å²) < 4.78 is 5.51. The van der Waals surface area contributed by atoms with Gasteiger partial charge in [-0.05, 0) is 43.4 Å². The molecule has 4 heteroatoms. The molecule has 2 unspecified atom stereocenters. The molecule has 104 valence electrons. The largest absolute Gasteiger partial charge is 0.480 e. The standard InChI is InChI=1S/C15H21NO3/c1-10-5-6-12(8-11(10)2)14(15(17)18)16-9-13-4-3-7-19-13/h5-6,8,13-14,16H,3-4,7,9H2,1-2H3,(H,17,18). The molecule has 1 fully saturated rings. The molecule has 4 nitrogen and oxygen atoms in total. The summed E-state index contributed by atoms with van der Waals surface area (Å²) in [6.45, 7) is 5.39. The van der Waals surface area contributed by atoms with Crippen LogP contribution >= 0.6 is 0 Å². The van der Waals surface area contributed by atoms with Gasteiger partial charge in [0.25, 0.3) is 0 Å². The molecule has 2 rings (SSSR count). The fourth-order valence-corrected chi connectivity index (χ4v) is 2.35. The number of benzene rings is 1. The van der Waals surface area contributed by atoms with E-state index in [1.165, 1.54) is 5.56 Å². The monoisotopic (exact) mass is 263 g/mol. The lowest BCUT2D eigenvalue weighted by Gasteiger charge is -2.18. The Morgan fingerprint density at radius 1 is 1.47 bits per heavy atom. The van der Waals surface area contributed by atoms with E-state index in [2.05, 4.69) is 5.32 Å². The first-order valence-electron chi connectivity index (χ1n) is 6.73. The summed E-state index contributed by atoms with van der Waals surface area (Å²) in [6.07, 6.45) is 2.22. The van der Waals surface area contributed by atoms with Gasteiger partial charge < -0.3 is 9.84 Å². The van der Waals surface area contributed by atoms with Crippen molar-refractivity contribution in [3.8, 4) is 0 Å². The first-order valence-corrected chi connectivity index (χ1v) is 6.73. The predicted molar refractivity (Wildman–Crippen MR) is 73.3 cm³/mol. The molecule has 1 saturated heterocycles. The van der Waals surface area contributed by atoms with Gasteiger partial charge in [0.15, 0.2) is 0 Å². The minimum atomic E-state index is -0.846. The van der Waals surface area contributed by atoms with Crippen LogP contribution in [0.3, 0.4) is 0 Å². The zero-order valence-electron chi connectivity index (χ0n) is 11.5. The van der Waals surface area contributed by atoms with Gasteiger partial charge in [-0.1, -0.05) is 18.2 Å². The highest BCUT2D eigenvalue weighted by Gasteiger charge is 2.23. The van der Waals surface area contributed by atoms with Gasteiger partial charge in [0, 0.05) is 13.2 Å². The van der Waals surface area contributed by atoms with Gasteiger partial charge in [-0.25, -0.2) is 0 Å². The van der Waals surface area contributed by atoms with E-state index in [0.29, 0.717) is 6.54 Å². The third-order valence-electron chi connectivity index (χ3n) is 3.68. The van der Waals surface area contributed by atoms with E-state index in [9.17, 15) is 9.90 Å². The van der Waals surface area contributed by atoms with Crippen LogP contribution in [0.5, 0.6) is 0 Å². The van der Waals surface area contributed by atoms with Crippen molar-refractivity contribution in [2.75, 3.05) is 13.2 Å². The molecule has 2 N–H and O–H groups in total. The summed E-state index contributed by atoms with van der Waals surface area (Å²) in [5.74, 6) is -0.846. The highest BCUT2D eigenvalue weighted by molar-refractivity contribution is 5.75. The van der Waals surface area contributed by atoms with Crippen LogP contribution in [-0.2, 0) is 9.53 Å². The van der Waals surface area contributed by atoms with Crippen molar-refractivity contribution in [2.24, 2.45) is 0 Å². The molecule has 0 spiro atoms. The minimum absolute atomic E-state index is 0.147. The molecule has 0 saturated carbocycles. The SMILES string of the molecule is Cc1ccc(C(NCC2CCCO2)C(=O)O)cc1C. The second kappa shape index (κ2) is 6.17. The van der Waals surface area contributed by atoms with Gasteiger partial charge in [0.2, 0.25) is 0 Å². The van der Waals surface area contributed by atoms with Crippen molar-refractivity contribution in [2.45, 2.75) is 38.8 Å². The smallest absolute Gasteiger partial charge is 0.325 e. The second-order valence-electron chi connectivity index (χ2n) is 5.16. The number of aryl methyl sites for hydroxylation is 2. The first-order chi connectivity index (χ1) is 9.08. The third-order valence-corrected chi connectivity index (χ3v) is 3.68. The lowest BCUT2D eigenvalue weighted by Crippen LogP contribution is -2.34. The molecular formula is C15H21NO3. The molecule has 1 heterocycles. The first kappa shape index (κ1) is 14.0. The number of hydrogen-bond donors (Lipinski definition) is 2. The molecule has 0 bridgehead atoms. The number of rotatable bonds is 5. The van der Waals surface area contributed by atoms with E-state index < -0.39 is 12.0 Å². The number of nitrogens with one attached hydrogen (secondary N) is 1. The van der Waals surface area contributed by atoms with Crippen molar-refractivity contribution >= 4 is 5.97 Å². The summed E-state index contributed by atoms with van der Waals surface area (Å²) in [5.41, 5.74) is 3.09. The van der Waals surface area contributed by atoms with Crippen LogP contribution in [0.2, 0.25) is 0 Å². The number of aliphatic carboxylic acids is 1. The molecule has 0 aliphatic carbocycles. The molecule has 1 aromatic rings. The number of carboxylic acid groups (broad SMARTS) is 1. The van der Waals surface area contributed by atoms with E-state index in [1.807, 2.05) is 32.0 Å². The topological polar surface area (TPSA) is 58.6 Å². The molecule has 0 aromatic heterocycles. The molecular weight excluding hydrogens is 242 g/mol. The lowest BCUT2D eigenvalue weighted by atomic mass is 10.0. The van der Waals surface area contributed by atoms with Crippen LogP contribution in [0, 0.1) is 13.8 Å². The molecule has 2 atom stereocenters. The number of hydrogen-bond acceptors (Lipinski definition) is 3. The van der Waals surface area contributed by atoms with Crippen molar-refractivity contribution in [1.29, 1.82) is 0 Å². The Morgan fingerprint density at radius 3 is 2.84 bits per heavy atom. The van der Waals surface area contributed by atoms with E-state index in [1.54, 1.807) is 0 Å². The Bertz CT molecular complexity index is 453. The summed E-state index contributed by atoms with van der Waals surface area (Å²) in [4.78, 5) is 11.4. The minimum Gasteiger partial charge on any atom is -0.480 e. The summed E-state index contributed by atoms with van der Waals surface area (Å²) in [5, 5.41) is 12.5. The molecule has 1 aliphatic rings. The van der Waals surface area contributed by atoms with Crippen molar-refractivity contribution in [3.63, 3.8) is 0 Å². The Morgan fingerprint density at radius 2 is 2.26 bits per heavy atom. The highest BCUT2D eigenvalue weighted by atomic mass is 16.5. The summed E-state index contributed by atoms with van der Waals surface area (Å²) in [7, 11) is 0. The second-order valence-corrected chi connectivity index (χ2v) is 5.16. The molecule has 0 amide bonds. The molecule has 1 aromatic carbocycles. The van der Waals surface area contributed by atoms with Crippen LogP contribution in [0.25, 0.3) is 0 Å². The van der Waals surface area contributed by atoms with Crippen molar-refractivity contribution in [3.05, 3.63) is 34.9 Å². The van der Waals surface area contributed by atoms with Crippen LogP contribution in [0.1, 0.15) is 35.6 Å². The fourth-order valence-electron chi connectivity index (χ4n) is 2.35. The van der Waals surface area contributed by atoms with Gasteiger partial charge in [-0.3, -0.25) is 10.1 Å². The van der Waals surface area contributed by atoms with E-state index in [0.717, 1.165) is 30.6 Å². The number of ether oxygens (including phenoxy) is 1. The zero-order valence-corrected chi connectivity index (χ0v) is 11.5. The van der Waals surface area contributed by atoms with Crippen molar-refractivity contribution in [1.82, 2.24) is 5.32 Å². The van der Waals surface area contributed by atoms with E-state index in [4.69, 9.17) is 4.74 Å². The van der Waals surface area contributed by atoms with Gasteiger partial charge in [0.05, 0.1) is 6.10 Å². The number of carboxylic acids is 1. The number of carbonyl (C=O) groups is 1. The van der Waals surface area contributed by atoms with Crippen LogP contribution in [0.4, 0.5) is 0 Å². The Balaban J connectivity index is 2.05. The third kappa shape index (κ3) is 3.55. The maximum Gasteiger partial charge on any atom is 0.325 e. The maximum atomic E-state index is 11.4. The van der Waals surface area contributed by atoms with Crippen LogP contribution < -0.4 is 5.32 Å². The summed E-state index contributed by atoms with van der Waals surface area (Å²) >= 11 is 0. The fraction of sp³-hybridized carbons (Fsp3) is 0.533. The van der Waals surface area contributed by atoms with Gasteiger partial charge >= 0.3 is 5.97 Å². The van der Waals surface area contributed by atoms with Gasteiger partial charge in [0.1, 0.15) is 6.04 Å². The Labute approximate surface area is 113 Å². The average Bonchev–Trinajstić information content (AvgIpc) is 2.86. The van der Waals surface area contributed by atoms with Crippen LogP contribution in [0.15, 0.2) is 18.2 Å². The Hall–Kier alpha value is -1.39. The molecule has 1 aliphatic heterocycles. The Kier molecular flexibility index (Phi) is 4.56. The normalized spacial score (nSPS) is 20.4. The van der Waals surface area contributed by atoms with Gasteiger partial charge in [-0.2, -0.15) is 0 Å². The molecule has 0 radical (unpaired) electrons. The average molecular weight is 263 g/mol. The summed E-state index contributed by atoms with van der Waals surface area (Å²) in [6, 6.07) is 5.12. The maximum absolute atomic E-state index is 11.4. The zero-order chi connectivity index (χ0) is 13.8. The molecule has 19 heavy (non-hydrogen) atoms. The van der Waals surface area contributed by atoms with Crippen molar-refractivity contribution < 1.29 is 14.6 Å². The van der Waals surface area contributed by atoms with Crippen LogP contribution in [-0.4, -0.2) is 30.3 Å².